The number of hydrogen-bond acceptors (Lipinski definition) is 4. The van der Waals surface area contributed by atoms with E-state index in [1.165, 1.54) is 4.68 Å². The molecule has 0 radical (unpaired) electrons. The predicted molar refractivity (Wildman–Crippen MR) is 84.3 cm³/mol. The lowest BCUT2D eigenvalue weighted by Gasteiger charge is -2.02. The first-order chi connectivity index (χ1) is 10.6. The second-order valence-electron chi connectivity index (χ2n) is 4.72. The fourth-order valence-corrected chi connectivity index (χ4v) is 2.36. The zero-order chi connectivity index (χ0) is 15.7. The van der Waals surface area contributed by atoms with Gasteiger partial charge in [-0.2, -0.15) is 9.78 Å². The van der Waals surface area contributed by atoms with E-state index < -0.39 is 0 Å². The van der Waals surface area contributed by atoms with Gasteiger partial charge < -0.3 is 5.73 Å². The number of ketones is 1. The molecule has 110 valence electrons. The molecule has 1 heterocycles. The molecular weight excluding hydrogens is 302 g/mol. The van der Waals surface area contributed by atoms with Crippen molar-refractivity contribution in [3.05, 3.63) is 64.8 Å². The van der Waals surface area contributed by atoms with Gasteiger partial charge in [0.15, 0.2) is 5.78 Å². The summed E-state index contributed by atoms with van der Waals surface area (Å²) in [5.74, 6) is -0.636. The summed E-state index contributed by atoms with van der Waals surface area (Å²) < 4.78 is 1.22. The van der Waals surface area contributed by atoms with Crippen molar-refractivity contribution in [2.24, 2.45) is 5.73 Å². The zero-order valence-corrected chi connectivity index (χ0v) is 12.2. The fourth-order valence-electron chi connectivity index (χ4n) is 2.24. The van der Waals surface area contributed by atoms with E-state index >= 15 is 0 Å². The van der Waals surface area contributed by atoms with E-state index in [1.54, 1.807) is 48.5 Å². The van der Waals surface area contributed by atoms with Gasteiger partial charge in [0.1, 0.15) is 5.69 Å². The predicted octanol–water partition coefficient (Wildman–Crippen LogP) is 2.52. The van der Waals surface area contributed by atoms with Crippen molar-refractivity contribution in [1.82, 2.24) is 9.78 Å². The maximum Gasteiger partial charge on any atom is 0.278 e. The van der Waals surface area contributed by atoms with Crippen molar-refractivity contribution < 1.29 is 9.59 Å². The third-order valence-electron chi connectivity index (χ3n) is 3.32. The van der Waals surface area contributed by atoms with Gasteiger partial charge in [0.05, 0.1) is 12.1 Å². The molecule has 0 saturated carbocycles. The van der Waals surface area contributed by atoms with Crippen LogP contribution in [0.4, 0.5) is 0 Å². The molecule has 0 aliphatic rings. The van der Waals surface area contributed by atoms with Crippen LogP contribution in [-0.2, 0) is 0 Å². The molecule has 0 fully saturated rings. The molecule has 3 aromatic rings. The highest BCUT2D eigenvalue weighted by atomic mass is 35.5. The van der Waals surface area contributed by atoms with Crippen LogP contribution in [0.5, 0.6) is 0 Å². The molecule has 2 aromatic carbocycles. The second kappa shape index (κ2) is 5.71. The molecule has 1 aromatic heterocycles. The Morgan fingerprint density at radius 3 is 2.45 bits per heavy atom. The monoisotopic (exact) mass is 313 g/mol. The summed E-state index contributed by atoms with van der Waals surface area (Å²) in [7, 11) is 0. The third-order valence-corrected chi connectivity index (χ3v) is 3.57. The Morgan fingerprint density at radius 1 is 1.09 bits per heavy atom. The van der Waals surface area contributed by atoms with E-state index in [9.17, 15) is 9.59 Å². The number of para-hydroxylation sites is 1. The summed E-state index contributed by atoms with van der Waals surface area (Å²) in [5, 5.41) is 5.32. The van der Waals surface area contributed by atoms with Crippen LogP contribution in [0.1, 0.15) is 20.8 Å². The van der Waals surface area contributed by atoms with Gasteiger partial charge in [0, 0.05) is 16.0 Å². The highest BCUT2D eigenvalue weighted by Crippen LogP contribution is 2.20. The third kappa shape index (κ3) is 2.41. The largest absolute Gasteiger partial charge is 0.324 e. The van der Waals surface area contributed by atoms with Crippen LogP contribution < -0.4 is 5.73 Å². The summed E-state index contributed by atoms with van der Waals surface area (Å²) in [4.78, 5) is 24.5. The van der Waals surface area contributed by atoms with Gasteiger partial charge >= 0.3 is 0 Å². The fraction of sp³-hybridized carbons (Fsp3) is 0.0625. The van der Waals surface area contributed by atoms with Gasteiger partial charge in [-0.05, 0) is 30.3 Å². The molecular formula is C16H12ClN3O2. The Morgan fingerprint density at radius 2 is 1.77 bits per heavy atom. The molecule has 0 aliphatic heterocycles. The molecule has 3 rings (SSSR count). The first kappa shape index (κ1) is 14.4. The minimum Gasteiger partial charge on any atom is -0.324 e. The first-order valence-electron chi connectivity index (χ1n) is 6.63. The van der Waals surface area contributed by atoms with Gasteiger partial charge in [0.25, 0.3) is 5.91 Å². The number of fused-ring (bicyclic) bond motifs is 1. The number of halogens is 1. The average Bonchev–Trinajstić information content (AvgIpc) is 2.94. The van der Waals surface area contributed by atoms with E-state index in [-0.39, 0.29) is 23.9 Å². The van der Waals surface area contributed by atoms with E-state index in [0.29, 0.717) is 21.5 Å². The summed E-state index contributed by atoms with van der Waals surface area (Å²) >= 11 is 5.83. The van der Waals surface area contributed by atoms with Crippen LogP contribution in [-0.4, -0.2) is 28.0 Å². The van der Waals surface area contributed by atoms with Gasteiger partial charge in [-0.25, -0.2) is 0 Å². The van der Waals surface area contributed by atoms with Crippen molar-refractivity contribution >= 4 is 34.2 Å². The van der Waals surface area contributed by atoms with Gasteiger partial charge in [-0.1, -0.05) is 29.8 Å². The van der Waals surface area contributed by atoms with Crippen LogP contribution in [0.25, 0.3) is 10.9 Å². The standard InChI is InChI=1S/C16H12ClN3O2/c17-11-7-5-10(6-8-11)16(22)20-13-4-2-1-3-12(13)15(19-20)14(21)9-18/h1-8H,9,18H2. The lowest BCUT2D eigenvalue weighted by Crippen LogP contribution is -2.17. The highest BCUT2D eigenvalue weighted by molar-refractivity contribution is 6.30. The molecule has 2 N–H and O–H groups in total. The lowest BCUT2D eigenvalue weighted by atomic mass is 10.1. The zero-order valence-electron chi connectivity index (χ0n) is 11.5. The molecule has 6 heteroatoms. The Kier molecular flexibility index (Phi) is 3.75. The minimum absolute atomic E-state index is 0.157. The lowest BCUT2D eigenvalue weighted by molar-refractivity contribution is 0.0948. The molecule has 0 unspecified atom stereocenters. The van der Waals surface area contributed by atoms with E-state index in [2.05, 4.69) is 5.10 Å². The van der Waals surface area contributed by atoms with E-state index in [4.69, 9.17) is 17.3 Å². The van der Waals surface area contributed by atoms with Crippen molar-refractivity contribution in [2.75, 3.05) is 6.54 Å². The molecule has 22 heavy (non-hydrogen) atoms. The van der Waals surface area contributed by atoms with Crippen LogP contribution in [0.15, 0.2) is 48.5 Å². The van der Waals surface area contributed by atoms with Crippen LogP contribution in [0.2, 0.25) is 5.02 Å². The maximum absolute atomic E-state index is 12.6. The first-order valence-corrected chi connectivity index (χ1v) is 7.01. The van der Waals surface area contributed by atoms with Crippen LogP contribution in [0.3, 0.4) is 0 Å². The Bertz CT molecular complexity index is 869. The van der Waals surface area contributed by atoms with Crippen molar-refractivity contribution in [3.63, 3.8) is 0 Å². The van der Waals surface area contributed by atoms with Crippen LogP contribution in [0, 0.1) is 0 Å². The van der Waals surface area contributed by atoms with Crippen molar-refractivity contribution in [2.45, 2.75) is 0 Å². The number of nitrogens with zero attached hydrogens (tertiary/aromatic N) is 2. The number of Topliss-reactive ketones (excluding diaryl/α,β-unsaturated/α-hetero) is 1. The summed E-state index contributed by atoms with van der Waals surface area (Å²) in [6.45, 7) is -0.157. The molecule has 0 spiro atoms. The SMILES string of the molecule is NCC(=O)c1nn(C(=O)c2ccc(Cl)cc2)c2ccccc12. The van der Waals surface area contributed by atoms with Crippen molar-refractivity contribution in [1.29, 1.82) is 0 Å². The number of carbonyl (C=O) groups is 2. The Hall–Kier alpha value is -2.50. The van der Waals surface area contributed by atoms with Gasteiger partial charge in [-0.15, -0.1) is 0 Å². The number of nitrogens with two attached hydrogens (primary N) is 1. The molecule has 0 atom stereocenters. The Labute approximate surface area is 131 Å². The topological polar surface area (TPSA) is 78.0 Å². The number of aromatic nitrogens is 2. The molecule has 0 saturated heterocycles. The molecule has 0 amide bonds. The number of benzene rings is 2. The number of rotatable bonds is 3. The summed E-state index contributed by atoms with van der Waals surface area (Å²) in [6, 6.07) is 13.6. The van der Waals surface area contributed by atoms with E-state index in [1.807, 2.05) is 0 Å². The molecule has 0 aliphatic carbocycles. The smallest absolute Gasteiger partial charge is 0.278 e. The average molecular weight is 314 g/mol. The van der Waals surface area contributed by atoms with Gasteiger partial charge in [0.2, 0.25) is 0 Å². The molecule has 0 bridgehead atoms. The normalized spacial score (nSPS) is 10.8. The number of carbonyl (C=O) groups excluding carboxylic acids is 2. The quantitative estimate of drug-likeness (QED) is 0.754. The minimum atomic E-state index is -0.330. The van der Waals surface area contributed by atoms with Gasteiger partial charge in [-0.3, -0.25) is 9.59 Å². The highest BCUT2D eigenvalue weighted by Gasteiger charge is 2.20. The van der Waals surface area contributed by atoms with Crippen LogP contribution >= 0.6 is 11.6 Å². The van der Waals surface area contributed by atoms with Crippen molar-refractivity contribution in [3.8, 4) is 0 Å². The summed E-state index contributed by atoms with van der Waals surface area (Å²) in [6.07, 6.45) is 0. The number of hydrogen-bond donors (Lipinski definition) is 1. The summed E-state index contributed by atoms with van der Waals surface area (Å²) in [5.41, 5.74) is 6.62. The second-order valence-corrected chi connectivity index (χ2v) is 5.15. The Balaban J connectivity index is 2.16. The van der Waals surface area contributed by atoms with E-state index in [0.717, 1.165) is 0 Å². The molecule has 5 nitrogen and oxygen atoms in total. The maximum atomic E-state index is 12.6.